The Kier molecular flexibility index (Phi) is 5.11. The van der Waals surface area contributed by atoms with Gasteiger partial charge in [0.05, 0.1) is 6.42 Å². The smallest absolute Gasteiger partial charge is 0.305 e. The fourth-order valence-corrected chi connectivity index (χ4v) is 1.14. The maximum atomic E-state index is 10.5. The average Bonchev–Trinajstić information content (AvgIpc) is 2.01. The molecule has 1 unspecified atom stereocenters. The van der Waals surface area contributed by atoms with Gasteiger partial charge < -0.3 is 10.4 Å². The van der Waals surface area contributed by atoms with Crippen LogP contribution in [0.5, 0.6) is 0 Å². The van der Waals surface area contributed by atoms with Gasteiger partial charge in [-0.05, 0) is 11.8 Å². The Morgan fingerprint density at radius 3 is 2.31 bits per heavy atom. The molecule has 0 aromatic rings. The number of rotatable bonds is 6. The van der Waals surface area contributed by atoms with Crippen molar-refractivity contribution in [2.45, 2.75) is 33.2 Å². The summed E-state index contributed by atoms with van der Waals surface area (Å²) in [7, 11) is 0. The Labute approximate surface area is 78.3 Å². The highest BCUT2D eigenvalue weighted by Crippen LogP contribution is 2.16. The normalized spacial score (nSPS) is 15.1. The van der Waals surface area contributed by atoms with Crippen molar-refractivity contribution < 1.29 is 14.7 Å². The van der Waals surface area contributed by atoms with E-state index in [1.54, 1.807) is 0 Å². The predicted octanol–water partition coefficient (Wildman–Crippen LogP) is 0.868. The molecule has 0 aromatic heterocycles. The zero-order valence-electron chi connectivity index (χ0n) is 8.28. The van der Waals surface area contributed by atoms with Gasteiger partial charge >= 0.3 is 5.97 Å². The molecule has 0 aliphatic heterocycles. The zero-order valence-corrected chi connectivity index (χ0v) is 8.28. The number of aliphatic carboxylic acids is 1. The molecule has 4 nitrogen and oxygen atoms in total. The van der Waals surface area contributed by atoms with Gasteiger partial charge in [0.25, 0.3) is 0 Å². The topological polar surface area (TPSA) is 66.4 Å². The van der Waals surface area contributed by atoms with Gasteiger partial charge in [0.1, 0.15) is 0 Å². The highest BCUT2D eigenvalue weighted by Gasteiger charge is 2.21. The first-order valence-electron chi connectivity index (χ1n) is 4.40. The largest absolute Gasteiger partial charge is 0.481 e. The van der Waals surface area contributed by atoms with Crippen LogP contribution in [0.25, 0.3) is 0 Å². The minimum absolute atomic E-state index is 0.0158. The molecule has 0 fully saturated rings. The van der Waals surface area contributed by atoms with E-state index in [0.717, 1.165) is 0 Å². The summed E-state index contributed by atoms with van der Waals surface area (Å²) in [5.74, 6) is -0.357. The molecule has 0 spiro atoms. The molecule has 0 aliphatic rings. The van der Waals surface area contributed by atoms with Gasteiger partial charge in [0.2, 0.25) is 6.41 Å². The third-order valence-corrected chi connectivity index (χ3v) is 2.36. The standard InChI is InChI=1S/C9H17NO3/c1-6(2)7(3)8(10-5-11)4-9(12)13/h5-8H,4H2,1-3H3,(H,10,11)(H,12,13)/t7?,8-/m1/s1. The van der Waals surface area contributed by atoms with Crippen LogP contribution in [0, 0.1) is 11.8 Å². The summed E-state index contributed by atoms with van der Waals surface area (Å²) in [6.45, 7) is 5.95. The minimum Gasteiger partial charge on any atom is -0.481 e. The summed E-state index contributed by atoms with van der Waals surface area (Å²) in [6, 6.07) is -0.269. The molecule has 0 saturated heterocycles. The highest BCUT2D eigenvalue weighted by molar-refractivity contribution is 5.68. The summed E-state index contributed by atoms with van der Waals surface area (Å²) >= 11 is 0. The molecule has 0 aromatic carbocycles. The molecule has 0 bridgehead atoms. The van der Waals surface area contributed by atoms with Crippen molar-refractivity contribution in [1.82, 2.24) is 5.32 Å². The molecule has 0 aliphatic carbocycles. The lowest BCUT2D eigenvalue weighted by atomic mass is 9.88. The van der Waals surface area contributed by atoms with E-state index in [9.17, 15) is 9.59 Å². The summed E-state index contributed by atoms with van der Waals surface area (Å²) < 4.78 is 0. The number of hydrogen-bond donors (Lipinski definition) is 2. The fraction of sp³-hybridized carbons (Fsp3) is 0.778. The predicted molar refractivity (Wildman–Crippen MR) is 49.2 cm³/mol. The number of amides is 1. The van der Waals surface area contributed by atoms with Gasteiger partial charge in [0.15, 0.2) is 0 Å². The Balaban J connectivity index is 4.21. The van der Waals surface area contributed by atoms with Crippen LogP contribution >= 0.6 is 0 Å². The maximum absolute atomic E-state index is 10.5. The van der Waals surface area contributed by atoms with Crippen LogP contribution in [0.1, 0.15) is 27.2 Å². The molecule has 4 heteroatoms. The Morgan fingerprint density at radius 2 is 2.00 bits per heavy atom. The monoisotopic (exact) mass is 187 g/mol. The van der Waals surface area contributed by atoms with Crippen LogP contribution in [0.2, 0.25) is 0 Å². The summed E-state index contributed by atoms with van der Waals surface area (Å²) in [5.41, 5.74) is 0. The second-order valence-corrected chi connectivity index (χ2v) is 3.59. The van der Waals surface area contributed by atoms with Gasteiger partial charge in [-0.15, -0.1) is 0 Å². The molecule has 1 amide bonds. The SMILES string of the molecule is CC(C)C(C)[C@@H](CC(=O)O)NC=O. The Morgan fingerprint density at radius 1 is 1.46 bits per heavy atom. The fourth-order valence-electron chi connectivity index (χ4n) is 1.14. The average molecular weight is 187 g/mol. The first kappa shape index (κ1) is 11.9. The van der Waals surface area contributed by atoms with Gasteiger partial charge in [-0.2, -0.15) is 0 Å². The molecule has 2 atom stereocenters. The van der Waals surface area contributed by atoms with Crippen LogP contribution in [-0.4, -0.2) is 23.5 Å². The lowest BCUT2D eigenvalue weighted by Gasteiger charge is -2.24. The van der Waals surface area contributed by atoms with Crippen molar-refractivity contribution in [3.05, 3.63) is 0 Å². The number of carboxylic acid groups (broad SMARTS) is 1. The van der Waals surface area contributed by atoms with Crippen LogP contribution in [0.15, 0.2) is 0 Å². The van der Waals surface area contributed by atoms with Gasteiger partial charge in [-0.3, -0.25) is 9.59 Å². The van der Waals surface area contributed by atoms with Crippen molar-refractivity contribution in [2.75, 3.05) is 0 Å². The number of carbonyl (C=O) groups excluding carboxylic acids is 1. The summed E-state index contributed by atoms with van der Waals surface area (Å²) in [5, 5.41) is 11.1. The molecule has 2 N–H and O–H groups in total. The first-order chi connectivity index (χ1) is 5.99. The molecule has 0 heterocycles. The second-order valence-electron chi connectivity index (χ2n) is 3.59. The van der Waals surface area contributed by atoms with Crippen molar-refractivity contribution in [3.63, 3.8) is 0 Å². The number of carbonyl (C=O) groups is 2. The van der Waals surface area contributed by atoms with Crippen LogP contribution < -0.4 is 5.32 Å². The van der Waals surface area contributed by atoms with E-state index in [2.05, 4.69) is 5.32 Å². The van der Waals surface area contributed by atoms with E-state index < -0.39 is 5.97 Å². The van der Waals surface area contributed by atoms with E-state index in [0.29, 0.717) is 12.3 Å². The Hall–Kier alpha value is -1.06. The van der Waals surface area contributed by atoms with E-state index in [4.69, 9.17) is 5.11 Å². The van der Waals surface area contributed by atoms with E-state index in [1.807, 2.05) is 20.8 Å². The highest BCUT2D eigenvalue weighted by atomic mass is 16.4. The quantitative estimate of drug-likeness (QED) is 0.606. The molecule has 0 radical (unpaired) electrons. The van der Waals surface area contributed by atoms with Gasteiger partial charge in [-0.25, -0.2) is 0 Å². The third kappa shape index (κ3) is 4.50. The molecular formula is C9H17NO3. The first-order valence-corrected chi connectivity index (χ1v) is 4.40. The Bertz CT molecular complexity index is 180. The van der Waals surface area contributed by atoms with E-state index >= 15 is 0 Å². The summed E-state index contributed by atoms with van der Waals surface area (Å²) in [6.07, 6.45) is 0.546. The number of hydrogen-bond acceptors (Lipinski definition) is 2. The number of carboxylic acids is 1. The third-order valence-electron chi connectivity index (χ3n) is 2.36. The van der Waals surface area contributed by atoms with Crippen molar-refractivity contribution in [2.24, 2.45) is 11.8 Å². The van der Waals surface area contributed by atoms with Crippen molar-refractivity contribution in [3.8, 4) is 0 Å². The van der Waals surface area contributed by atoms with E-state index in [-0.39, 0.29) is 18.4 Å². The minimum atomic E-state index is -0.883. The van der Waals surface area contributed by atoms with Crippen molar-refractivity contribution in [1.29, 1.82) is 0 Å². The molecule has 76 valence electrons. The second kappa shape index (κ2) is 5.56. The molecule has 13 heavy (non-hydrogen) atoms. The number of nitrogens with one attached hydrogen (secondary N) is 1. The molecule has 0 saturated carbocycles. The maximum Gasteiger partial charge on any atom is 0.305 e. The van der Waals surface area contributed by atoms with Crippen LogP contribution in [-0.2, 0) is 9.59 Å². The van der Waals surface area contributed by atoms with Gasteiger partial charge in [0, 0.05) is 6.04 Å². The van der Waals surface area contributed by atoms with Crippen molar-refractivity contribution >= 4 is 12.4 Å². The van der Waals surface area contributed by atoms with Crippen LogP contribution in [0.4, 0.5) is 0 Å². The molecular weight excluding hydrogens is 170 g/mol. The molecule has 0 rings (SSSR count). The van der Waals surface area contributed by atoms with Crippen LogP contribution in [0.3, 0.4) is 0 Å². The summed E-state index contributed by atoms with van der Waals surface area (Å²) in [4.78, 5) is 20.7. The zero-order chi connectivity index (χ0) is 10.4. The van der Waals surface area contributed by atoms with E-state index in [1.165, 1.54) is 0 Å². The lowest BCUT2D eigenvalue weighted by Crippen LogP contribution is -2.38. The van der Waals surface area contributed by atoms with Gasteiger partial charge in [-0.1, -0.05) is 20.8 Å². The lowest BCUT2D eigenvalue weighted by molar-refractivity contribution is -0.138.